The number of benzene rings is 1. The first-order valence-corrected chi connectivity index (χ1v) is 13.7. The number of nitrogens with one attached hydrogen (secondary N) is 1. The summed E-state index contributed by atoms with van der Waals surface area (Å²) < 4.78 is 12.8. The fourth-order valence-electron chi connectivity index (χ4n) is 3.92. The number of allylic oxidation sites excluding steroid dienone is 1. The van der Waals surface area contributed by atoms with E-state index in [-0.39, 0.29) is 11.7 Å². The van der Waals surface area contributed by atoms with Crippen LogP contribution >= 0.6 is 46.3 Å². The molecule has 36 heavy (non-hydrogen) atoms. The van der Waals surface area contributed by atoms with E-state index in [9.17, 15) is 9.59 Å². The van der Waals surface area contributed by atoms with E-state index in [1.807, 2.05) is 11.5 Å². The Labute approximate surface area is 227 Å². The molecule has 1 unspecified atom stereocenters. The van der Waals surface area contributed by atoms with Crippen LogP contribution in [0.1, 0.15) is 46.1 Å². The van der Waals surface area contributed by atoms with Gasteiger partial charge in [-0.05, 0) is 43.9 Å². The van der Waals surface area contributed by atoms with Crippen LogP contribution in [0.3, 0.4) is 0 Å². The molecule has 4 rings (SSSR count). The van der Waals surface area contributed by atoms with Gasteiger partial charge in [-0.25, -0.2) is 4.79 Å². The smallest absolute Gasteiger partial charge is 0.341 e. The first-order chi connectivity index (χ1) is 17.3. The maximum Gasteiger partial charge on any atom is 0.341 e. The molecule has 0 saturated heterocycles. The number of rotatable bonds is 10. The van der Waals surface area contributed by atoms with Gasteiger partial charge in [0.1, 0.15) is 10.8 Å². The number of thiophene rings is 1. The Kier molecular flexibility index (Phi) is 8.61. The molecule has 1 aliphatic rings. The average Bonchev–Trinajstić information content (AvgIpc) is 3.54. The molecule has 190 valence electrons. The molecule has 1 atom stereocenters. The number of ether oxygens (including phenoxy) is 2. The molecule has 0 spiro atoms. The van der Waals surface area contributed by atoms with Crippen molar-refractivity contribution in [2.75, 3.05) is 18.2 Å². The number of anilines is 1. The molecule has 0 saturated carbocycles. The third kappa shape index (κ3) is 5.72. The highest BCUT2D eigenvalue weighted by atomic mass is 35.5. The predicted molar refractivity (Wildman–Crippen MR) is 143 cm³/mol. The lowest BCUT2D eigenvalue weighted by atomic mass is 10.1. The number of fused-ring (bicyclic) bond motifs is 1. The Balaban J connectivity index is 1.46. The van der Waals surface area contributed by atoms with Crippen molar-refractivity contribution < 1.29 is 19.1 Å². The van der Waals surface area contributed by atoms with E-state index in [1.165, 1.54) is 30.2 Å². The van der Waals surface area contributed by atoms with Crippen LogP contribution in [0.4, 0.5) is 5.00 Å². The van der Waals surface area contributed by atoms with Crippen molar-refractivity contribution in [1.29, 1.82) is 0 Å². The summed E-state index contributed by atoms with van der Waals surface area (Å²) in [6.07, 6.45) is 3.94. The monoisotopic (exact) mass is 566 g/mol. The average molecular weight is 568 g/mol. The number of amides is 1. The minimum absolute atomic E-state index is 0.0772. The molecule has 2 aromatic heterocycles. The Morgan fingerprint density at radius 1 is 1.33 bits per heavy atom. The second kappa shape index (κ2) is 11.7. The highest BCUT2D eigenvalue weighted by Gasteiger charge is 2.28. The number of thioether (sulfide) groups is 1. The van der Waals surface area contributed by atoms with E-state index < -0.39 is 12.1 Å². The molecule has 1 N–H and O–H groups in total. The van der Waals surface area contributed by atoms with Gasteiger partial charge < -0.3 is 14.8 Å². The number of hydrogen-bond acceptors (Lipinski definition) is 8. The number of carbonyl (C=O) groups is 2. The van der Waals surface area contributed by atoms with Gasteiger partial charge in [0.2, 0.25) is 5.91 Å². The van der Waals surface area contributed by atoms with E-state index >= 15 is 0 Å². The van der Waals surface area contributed by atoms with E-state index in [1.54, 1.807) is 24.3 Å². The van der Waals surface area contributed by atoms with E-state index in [2.05, 4.69) is 22.1 Å². The summed E-state index contributed by atoms with van der Waals surface area (Å²) in [5.41, 5.74) is 1.45. The number of aryl methyl sites for hydroxylation is 1. The summed E-state index contributed by atoms with van der Waals surface area (Å²) in [4.78, 5) is 26.3. The van der Waals surface area contributed by atoms with Crippen molar-refractivity contribution in [3.8, 4) is 5.75 Å². The van der Waals surface area contributed by atoms with Crippen LogP contribution in [0.25, 0.3) is 0 Å². The van der Waals surface area contributed by atoms with E-state index in [4.69, 9.17) is 32.7 Å². The number of methoxy groups -OCH3 is 1. The van der Waals surface area contributed by atoms with Crippen LogP contribution in [0.2, 0.25) is 10.0 Å². The molecule has 0 radical (unpaired) electrons. The predicted octanol–water partition coefficient (Wildman–Crippen LogP) is 5.98. The fraction of sp³-hybridized carbons (Fsp3) is 0.333. The normalized spacial score (nSPS) is 13.2. The standard InChI is InChI=1S/C24H24Cl2N4O4S2/c1-4-10-30-21(13(2)34-17-11-14(25)8-9-16(17)26)28-29-24(30)35-12-19(31)27-22-20(23(32)33-3)15-6-5-7-18(15)36-22/h4,8-9,11,13H,1,5-7,10,12H2,2-3H3,(H,27,31). The largest absolute Gasteiger partial charge is 0.481 e. The van der Waals surface area contributed by atoms with Gasteiger partial charge in [-0.15, -0.1) is 28.1 Å². The number of carbonyl (C=O) groups excluding carboxylic acids is 2. The van der Waals surface area contributed by atoms with Crippen molar-refractivity contribution >= 4 is 63.2 Å². The fourth-order valence-corrected chi connectivity index (χ4v) is 6.29. The zero-order valence-corrected chi connectivity index (χ0v) is 22.8. The molecule has 12 heteroatoms. The zero-order valence-electron chi connectivity index (χ0n) is 19.7. The Hall–Kier alpha value is -2.53. The summed E-state index contributed by atoms with van der Waals surface area (Å²) in [6, 6.07) is 4.98. The van der Waals surface area contributed by atoms with Crippen LogP contribution in [-0.2, 0) is 28.9 Å². The quantitative estimate of drug-likeness (QED) is 0.183. The number of halogens is 2. The highest BCUT2D eigenvalue weighted by Crippen LogP contribution is 2.39. The summed E-state index contributed by atoms with van der Waals surface area (Å²) >= 11 is 15.0. The molecular weight excluding hydrogens is 543 g/mol. The van der Waals surface area contributed by atoms with Gasteiger partial charge >= 0.3 is 5.97 Å². The third-order valence-electron chi connectivity index (χ3n) is 5.51. The third-order valence-corrected chi connectivity index (χ3v) is 8.24. The first kappa shape index (κ1) is 26.5. The van der Waals surface area contributed by atoms with E-state index in [0.717, 1.165) is 29.7 Å². The summed E-state index contributed by atoms with van der Waals surface area (Å²) in [6.45, 7) is 6.06. The zero-order chi connectivity index (χ0) is 25.8. The van der Waals surface area contributed by atoms with Crippen LogP contribution in [0, 0.1) is 0 Å². The van der Waals surface area contributed by atoms with Gasteiger partial charge in [0.05, 0.1) is 23.4 Å². The van der Waals surface area contributed by atoms with Gasteiger partial charge in [0.25, 0.3) is 0 Å². The van der Waals surface area contributed by atoms with Crippen molar-refractivity contribution in [1.82, 2.24) is 14.8 Å². The molecule has 0 bridgehead atoms. The summed E-state index contributed by atoms with van der Waals surface area (Å²) in [5.74, 6) is 0.379. The van der Waals surface area contributed by atoms with Gasteiger partial charge in [0.15, 0.2) is 17.1 Å². The van der Waals surface area contributed by atoms with Gasteiger partial charge in [-0.2, -0.15) is 0 Å². The maximum atomic E-state index is 12.8. The molecule has 1 amide bonds. The maximum absolute atomic E-state index is 12.8. The van der Waals surface area contributed by atoms with Crippen molar-refractivity contribution in [3.63, 3.8) is 0 Å². The van der Waals surface area contributed by atoms with Crippen LogP contribution in [0.15, 0.2) is 36.0 Å². The number of aromatic nitrogens is 3. The lowest BCUT2D eigenvalue weighted by Crippen LogP contribution is -2.17. The van der Waals surface area contributed by atoms with Gasteiger partial charge in [-0.1, -0.05) is 41.0 Å². The van der Waals surface area contributed by atoms with Crippen molar-refractivity contribution in [3.05, 3.63) is 62.7 Å². The number of hydrogen-bond donors (Lipinski definition) is 1. The minimum Gasteiger partial charge on any atom is -0.481 e. The Bertz CT molecular complexity index is 1310. The molecule has 8 nitrogen and oxygen atoms in total. The van der Waals surface area contributed by atoms with E-state index in [0.29, 0.717) is 43.9 Å². The molecule has 1 aliphatic carbocycles. The molecule has 2 heterocycles. The van der Waals surface area contributed by atoms with Crippen LogP contribution < -0.4 is 10.1 Å². The van der Waals surface area contributed by atoms with Crippen LogP contribution in [-0.4, -0.2) is 39.5 Å². The number of esters is 1. The first-order valence-electron chi connectivity index (χ1n) is 11.1. The van der Waals surface area contributed by atoms with Gasteiger partial charge in [-0.3, -0.25) is 9.36 Å². The molecule has 3 aromatic rings. The van der Waals surface area contributed by atoms with Gasteiger partial charge in [0, 0.05) is 22.5 Å². The lowest BCUT2D eigenvalue weighted by molar-refractivity contribution is -0.113. The Morgan fingerprint density at radius 2 is 2.14 bits per heavy atom. The second-order valence-corrected chi connectivity index (χ2v) is 10.9. The SMILES string of the molecule is C=CCn1c(SCC(=O)Nc2sc3c(c2C(=O)OC)CCC3)nnc1C(C)Oc1cc(Cl)ccc1Cl. The highest BCUT2D eigenvalue weighted by molar-refractivity contribution is 7.99. The lowest BCUT2D eigenvalue weighted by Gasteiger charge is -2.16. The molecular formula is C24H24Cl2N4O4S2. The van der Waals surface area contributed by atoms with Crippen molar-refractivity contribution in [2.45, 2.75) is 44.0 Å². The topological polar surface area (TPSA) is 95.3 Å². The molecule has 1 aromatic carbocycles. The molecule has 0 aliphatic heterocycles. The minimum atomic E-state index is -0.493. The Morgan fingerprint density at radius 3 is 2.89 bits per heavy atom. The number of nitrogens with zero attached hydrogens (tertiary/aromatic N) is 3. The van der Waals surface area contributed by atoms with Crippen LogP contribution in [0.5, 0.6) is 5.75 Å². The summed E-state index contributed by atoms with van der Waals surface area (Å²) in [7, 11) is 1.35. The van der Waals surface area contributed by atoms with Crippen molar-refractivity contribution in [2.24, 2.45) is 0 Å². The molecule has 0 fully saturated rings. The summed E-state index contributed by atoms with van der Waals surface area (Å²) in [5, 5.41) is 13.4. The second-order valence-electron chi connectivity index (χ2n) is 7.96.